The van der Waals surface area contributed by atoms with Crippen molar-refractivity contribution in [1.82, 2.24) is 4.57 Å². The molecule has 0 atom stereocenters. The third kappa shape index (κ3) is 3.75. The van der Waals surface area contributed by atoms with Crippen LogP contribution in [0.4, 0.5) is 0 Å². The van der Waals surface area contributed by atoms with E-state index in [2.05, 4.69) is 10.9 Å². The van der Waals surface area contributed by atoms with Crippen molar-refractivity contribution in [3.8, 4) is 23.8 Å². The number of hydrogen-bond acceptors (Lipinski definition) is 6. The van der Waals surface area contributed by atoms with E-state index in [4.69, 9.17) is 21.0 Å². The second kappa shape index (κ2) is 7.36. The first kappa shape index (κ1) is 19.2. The van der Waals surface area contributed by atoms with Gasteiger partial charge >= 0.3 is 0 Å². The highest BCUT2D eigenvalue weighted by atomic mass is 32.2. The van der Waals surface area contributed by atoms with Crippen molar-refractivity contribution < 1.29 is 22.7 Å². The number of carbonyl (C=O) groups is 1. The summed E-state index contributed by atoms with van der Waals surface area (Å²) in [5.41, 5.74) is 0.998. The molecule has 2 aromatic carbocycles. The average molecular weight is 429 g/mol. The Bertz CT molecular complexity index is 1350. The van der Waals surface area contributed by atoms with Gasteiger partial charge in [-0.2, -0.15) is 4.99 Å². The molecule has 148 valence electrons. The van der Waals surface area contributed by atoms with Gasteiger partial charge in [-0.1, -0.05) is 17.3 Å². The Morgan fingerprint density at radius 1 is 1.21 bits per heavy atom. The molecule has 4 rings (SSSR count). The number of aromatic nitrogens is 1. The van der Waals surface area contributed by atoms with Crippen LogP contribution < -0.4 is 19.4 Å². The van der Waals surface area contributed by atoms with Gasteiger partial charge in [0.05, 0.1) is 21.7 Å². The highest BCUT2D eigenvalue weighted by Gasteiger charge is 2.16. The Morgan fingerprint density at radius 2 is 1.97 bits per heavy atom. The van der Waals surface area contributed by atoms with Gasteiger partial charge in [0.2, 0.25) is 10.0 Å². The lowest BCUT2D eigenvalue weighted by Gasteiger charge is -2.18. The van der Waals surface area contributed by atoms with E-state index in [9.17, 15) is 13.2 Å². The summed E-state index contributed by atoms with van der Waals surface area (Å²) in [5.74, 6) is 3.11. The second-order valence-corrected chi connectivity index (χ2v) is 8.70. The fraction of sp³-hybridized carbons (Fsp3) is 0.158. The number of primary sulfonamides is 1. The summed E-state index contributed by atoms with van der Waals surface area (Å²) in [7, 11) is -3.85. The molecule has 0 radical (unpaired) electrons. The summed E-state index contributed by atoms with van der Waals surface area (Å²) >= 11 is 1.15. The van der Waals surface area contributed by atoms with Crippen molar-refractivity contribution in [2.45, 2.75) is 11.4 Å². The SMILES string of the molecule is C#CCn1c(=NC(=O)c2ccc3c(c2)OCCO3)sc2cc(S(N)(=O)=O)ccc21. The summed E-state index contributed by atoms with van der Waals surface area (Å²) in [6.45, 7) is 1.04. The molecule has 0 aliphatic carbocycles. The number of fused-ring (bicyclic) bond motifs is 2. The lowest BCUT2D eigenvalue weighted by molar-refractivity contribution is 0.0996. The second-order valence-electron chi connectivity index (χ2n) is 6.12. The van der Waals surface area contributed by atoms with Crippen molar-refractivity contribution in [2.24, 2.45) is 10.1 Å². The van der Waals surface area contributed by atoms with Gasteiger partial charge in [-0.15, -0.1) is 6.42 Å². The number of carbonyl (C=O) groups excluding carboxylic acids is 1. The van der Waals surface area contributed by atoms with Gasteiger partial charge in [-0.05, 0) is 36.4 Å². The predicted octanol–water partition coefficient (Wildman–Crippen LogP) is 1.50. The topological polar surface area (TPSA) is 113 Å². The fourth-order valence-electron chi connectivity index (χ4n) is 2.89. The van der Waals surface area contributed by atoms with Gasteiger partial charge < -0.3 is 14.0 Å². The van der Waals surface area contributed by atoms with E-state index in [-0.39, 0.29) is 11.4 Å². The molecular formula is C19H15N3O5S2. The van der Waals surface area contributed by atoms with Gasteiger partial charge in [-0.3, -0.25) is 4.79 Å². The largest absolute Gasteiger partial charge is 0.486 e. The quantitative estimate of drug-likeness (QED) is 0.634. The number of nitrogens with two attached hydrogens (primary N) is 1. The molecular weight excluding hydrogens is 414 g/mol. The number of thiazole rings is 1. The van der Waals surface area contributed by atoms with Crippen LogP contribution in [0.1, 0.15) is 10.4 Å². The summed E-state index contributed by atoms with van der Waals surface area (Å²) < 4.78 is 36.5. The number of nitrogens with zero attached hydrogens (tertiary/aromatic N) is 2. The van der Waals surface area contributed by atoms with Crippen molar-refractivity contribution in [3.63, 3.8) is 0 Å². The average Bonchev–Trinajstić information content (AvgIpc) is 3.03. The first-order valence-electron chi connectivity index (χ1n) is 8.45. The normalized spacial score (nSPS) is 14.0. The lowest BCUT2D eigenvalue weighted by Crippen LogP contribution is -2.17. The van der Waals surface area contributed by atoms with Crippen LogP contribution in [0.2, 0.25) is 0 Å². The van der Waals surface area contributed by atoms with Gasteiger partial charge in [0, 0.05) is 5.56 Å². The highest BCUT2D eigenvalue weighted by Crippen LogP contribution is 2.31. The molecule has 2 N–H and O–H groups in total. The van der Waals surface area contributed by atoms with Crippen LogP contribution in [-0.2, 0) is 16.6 Å². The lowest BCUT2D eigenvalue weighted by atomic mass is 10.2. The molecule has 0 bridgehead atoms. The maximum absolute atomic E-state index is 12.7. The molecule has 0 spiro atoms. The molecule has 10 heteroatoms. The van der Waals surface area contributed by atoms with E-state index in [0.29, 0.717) is 45.3 Å². The Hall–Kier alpha value is -3.13. The molecule has 2 heterocycles. The Kier molecular flexibility index (Phi) is 4.87. The van der Waals surface area contributed by atoms with Crippen LogP contribution in [0.5, 0.6) is 11.5 Å². The van der Waals surface area contributed by atoms with Gasteiger partial charge in [-0.25, -0.2) is 13.6 Å². The number of sulfonamides is 1. The van der Waals surface area contributed by atoms with E-state index < -0.39 is 15.9 Å². The smallest absolute Gasteiger partial charge is 0.279 e. The molecule has 1 aliphatic rings. The first-order valence-corrected chi connectivity index (χ1v) is 10.8. The van der Waals surface area contributed by atoms with E-state index in [1.807, 2.05) is 0 Å². The van der Waals surface area contributed by atoms with Crippen molar-refractivity contribution >= 4 is 37.5 Å². The zero-order valence-corrected chi connectivity index (χ0v) is 16.6. The van der Waals surface area contributed by atoms with Crippen LogP contribution in [0.25, 0.3) is 10.2 Å². The number of hydrogen-bond donors (Lipinski definition) is 1. The van der Waals surface area contributed by atoms with Crippen LogP contribution in [0, 0.1) is 12.3 Å². The molecule has 1 amide bonds. The van der Waals surface area contributed by atoms with Crippen molar-refractivity contribution in [1.29, 1.82) is 0 Å². The minimum Gasteiger partial charge on any atom is -0.486 e. The van der Waals surface area contributed by atoms with E-state index in [1.165, 1.54) is 12.1 Å². The molecule has 29 heavy (non-hydrogen) atoms. The Balaban J connectivity index is 1.81. The molecule has 1 aromatic heterocycles. The summed E-state index contributed by atoms with van der Waals surface area (Å²) in [6.07, 6.45) is 5.46. The summed E-state index contributed by atoms with van der Waals surface area (Å²) in [6, 6.07) is 9.28. The first-order chi connectivity index (χ1) is 13.9. The summed E-state index contributed by atoms with van der Waals surface area (Å²) in [5, 5.41) is 5.20. The van der Waals surface area contributed by atoms with Crippen molar-refractivity contribution in [2.75, 3.05) is 13.2 Å². The number of terminal acetylenes is 1. The van der Waals surface area contributed by atoms with Gasteiger partial charge in [0.25, 0.3) is 5.91 Å². The maximum Gasteiger partial charge on any atom is 0.279 e. The number of ether oxygens (including phenoxy) is 2. The van der Waals surface area contributed by atoms with E-state index >= 15 is 0 Å². The van der Waals surface area contributed by atoms with Crippen LogP contribution >= 0.6 is 11.3 Å². The predicted molar refractivity (Wildman–Crippen MR) is 107 cm³/mol. The minimum absolute atomic E-state index is 0.0242. The van der Waals surface area contributed by atoms with Gasteiger partial charge in [0.1, 0.15) is 13.2 Å². The van der Waals surface area contributed by atoms with E-state index in [0.717, 1.165) is 11.3 Å². The number of rotatable bonds is 3. The molecule has 0 saturated carbocycles. The maximum atomic E-state index is 12.7. The van der Waals surface area contributed by atoms with E-state index in [1.54, 1.807) is 28.8 Å². The summed E-state index contributed by atoms with van der Waals surface area (Å²) in [4.78, 5) is 17.2. The van der Waals surface area contributed by atoms with Gasteiger partial charge in [0.15, 0.2) is 16.3 Å². The molecule has 3 aromatic rings. The molecule has 0 saturated heterocycles. The van der Waals surface area contributed by atoms with Crippen LogP contribution in [0.15, 0.2) is 46.3 Å². The standard InChI is InChI=1S/C19H15N3O5S2/c1-2-7-22-14-5-4-13(29(20,24)25)11-17(14)28-19(22)21-18(23)12-3-6-15-16(10-12)27-9-8-26-15/h1,3-6,10-11H,7-9H2,(H2,20,24,25). The van der Waals surface area contributed by atoms with Crippen LogP contribution in [-0.4, -0.2) is 32.1 Å². The minimum atomic E-state index is -3.85. The van der Waals surface area contributed by atoms with Crippen LogP contribution in [0.3, 0.4) is 0 Å². The third-order valence-electron chi connectivity index (χ3n) is 4.22. The zero-order chi connectivity index (χ0) is 20.6. The zero-order valence-electron chi connectivity index (χ0n) is 15.0. The monoisotopic (exact) mass is 429 g/mol. The fourth-order valence-corrected chi connectivity index (χ4v) is 4.57. The molecule has 1 aliphatic heterocycles. The highest BCUT2D eigenvalue weighted by molar-refractivity contribution is 7.89. The molecule has 0 unspecified atom stereocenters. The number of benzene rings is 2. The molecule has 0 fully saturated rings. The molecule has 8 nitrogen and oxygen atoms in total. The third-order valence-corrected chi connectivity index (χ3v) is 6.17. The number of amides is 1. The van der Waals surface area contributed by atoms with Crippen molar-refractivity contribution in [3.05, 3.63) is 46.8 Å². The Morgan fingerprint density at radius 3 is 2.69 bits per heavy atom. The Labute approximate surface area is 170 Å².